The van der Waals surface area contributed by atoms with E-state index >= 15 is 0 Å². The van der Waals surface area contributed by atoms with E-state index in [0.717, 1.165) is 0 Å². The van der Waals surface area contributed by atoms with Gasteiger partial charge in [-0.15, -0.1) is 0 Å². The van der Waals surface area contributed by atoms with E-state index in [9.17, 15) is 0 Å². The van der Waals surface area contributed by atoms with E-state index in [4.69, 9.17) is 0 Å². The van der Waals surface area contributed by atoms with Crippen LogP contribution < -0.4 is 0 Å². The van der Waals surface area contributed by atoms with Crippen LogP contribution in [-0.2, 0) is 12.3 Å². The van der Waals surface area contributed by atoms with E-state index in [1.165, 1.54) is 35.8 Å². The van der Waals surface area contributed by atoms with Gasteiger partial charge >= 0.3 is 0 Å². The molecule has 0 aliphatic rings. The Morgan fingerprint density at radius 3 is 1.18 bits per heavy atom. The lowest BCUT2D eigenvalue weighted by molar-refractivity contribution is 1.29. The predicted molar refractivity (Wildman–Crippen MR) is 108 cm³/mol. The van der Waals surface area contributed by atoms with Crippen LogP contribution in [0.2, 0.25) is 0 Å². The Labute approximate surface area is 138 Å². The molecule has 2 aromatic rings. The van der Waals surface area contributed by atoms with Crippen molar-refractivity contribution in [1.29, 1.82) is 0 Å². The summed E-state index contributed by atoms with van der Waals surface area (Å²) in [6, 6.07) is 22.0. The van der Waals surface area contributed by atoms with Crippen LogP contribution in [0.25, 0.3) is 0 Å². The van der Waals surface area contributed by atoms with Gasteiger partial charge in [-0.25, -0.2) is 0 Å². The second kappa shape index (κ2) is 7.72. The summed E-state index contributed by atoms with van der Waals surface area (Å²) in [6.45, 7) is 10.1. The van der Waals surface area contributed by atoms with E-state index in [1.807, 2.05) is 0 Å². The van der Waals surface area contributed by atoms with Gasteiger partial charge in [-0.3, -0.25) is 0 Å². The van der Waals surface area contributed by atoms with Gasteiger partial charge in [-0.2, -0.15) is 0 Å². The first kappa shape index (κ1) is 17.7. The van der Waals surface area contributed by atoms with Gasteiger partial charge in [-0.1, -0.05) is 60.7 Å². The van der Waals surface area contributed by atoms with Crippen molar-refractivity contribution in [2.45, 2.75) is 12.3 Å². The minimum atomic E-state index is -0.838. The molecular weight excluding hydrogens is 302 g/mol. The lowest BCUT2D eigenvalue weighted by atomic mass is 10.2. The van der Waals surface area contributed by atoms with Crippen LogP contribution in [0.1, 0.15) is 11.1 Å². The monoisotopic (exact) mass is 332 g/mol. The fourth-order valence-corrected chi connectivity index (χ4v) is 9.90. The van der Waals surface area contributed by atoms with Crippen LogP contribution in [0.5, 0.6) is 0 Å². The summed E-state index contributed by atoms with van der Waals surface area (Å²) in [7, 11) is -1.68. The van der Waals surface area contributed by atoms with Gasteiger partial charge in [0.25, 0.3) is 0 Å². The van der Waals surface area contributed by atoms with Crippen molar-refractivity contribution in [2.24, 2.45) is 0 Å². The highest BCUT2D eigenvalue weighted by Gasteiger charge is 2.33. The molecule has 0 spiro atoms. The minimum absolute atomic E-state index is 0.838. The number of hydrogen-bond donors (Lipinski definition) is 0. The zero-order chi connectivity index (χ0) is 16.1. The quantitative estimate of drug-likeness (QED) is 0.550. The third-order valence-electron chi connectivity index (χ3n) is 4.22. The molecule has 0 heterocycles. The van der Waals surface area contributed by atoms with Crippen LogP contribution in [0.3, 0.4) is 0 Å². The molecule has 2 rings (SSSR count). The lowest BCUT2D eigenvalue weighted by Crippen LogP contribution is -2.08. The Morgan fingerprint density at radius 2 is 0.864 bits per heavy atom. The third kappa shape index (κ3) is 6.20. The van der Waals surface area contributed by atoms with Gasteiger partial charge in [0.1, 0.15) is 0 Å². The summed E-state index contributed by atoms with van der Waals surface area (Å²) in [4.78, 5) is 0. The zero-order valence-corrected chi connectivity index (χ0v) is 16.3. The Hall–Kier alpha value is -0.700. The maximum absolute atomic E-state index is 2.53. The van der Waals surface area contributed by atoms with Crippen molar-refractivity contribution in [2.75, 3.05) is 39.0 Å². The first-order valence-electron chi connectivity index (χ1n) is 8.08. The standard InChI is InChI=1S/C20H30P2/c1-21(2,17-19-11-7-5-8-12-19)15-16-22(3,4)18-20-13-9-6-10-14-20/h5-14H,15-18H2,1-4H3/q+2. The predicted octanol–water partition coefficient (Wildman–Crippen LogP) is 5.94. The molecule has 0 aromatic heterocycles. The van der Waals surface area contributed by atoms with Crippen LogP contribution in [0, 0.1) is 0 Å². The molecule has 0 aliphatic heterocycles. The third-order valence-corrected chi connectivity index (χ3v) is 9.88. The van der Waals surface area contributed by atoms with E-state index in [-0.39, 0.29) is 0 Å². The SMILES string of the molecule is C[P+](C)(CC[P+](C)(C)Cc1ccccc1)Cc1ccccc1. The fraction of sp³-hybridized carbons (Fsp3) is 0.400. The summed E-state index contributed by atoms with van der Waals surface area (Å²) in [5.41, 5.74) is 3.03. The summed E-state index contributed by atoms with van der Waals surface area (Å²) < 4.78 is 0. The van der Waals surface area contributed by atoms with E-state index < -0.39 is 14.5 Å². The Bertz CT molecular complexity index is 505. The fourth-order valence-electron chi connectivity index (χ4n) is 2.85. The molecule has 0 N–H and O–H groups in total. The highest BCUT2D eigenvalue weighted by molar-refractivity contribution is 7.77. The second-order valence-electron chi connectivity index (χ2n) is 7.61. The molecule has 0 bridgehead atoms. The highest BCUT2D eigenvalue weighted by Crippen LogP contribution is 2.61. The van der Waals surface area contributed by atoms with Crippen molar-refractivity contribution in [3.8, 4) is 0 Å². The zero-order valence-electron chi connectivity index (χ0n) is 14.5. The summed E-state index contributed by atoms with van der Waals surface area (Å²) in [6.07, 6.45) is 5.43. The Morgan fingerprint density at radius 1 is 0.545 bits per heavy atom. The van der Waals surface area contributed by atoms with Crippen LogP contribution >= 0.6 is 14.5 Å². The molecule has 0 nitrogen and oxygen atoms in total. The molecule has 0 aliphatic carbocycles. The molecular formula is C20H30P2+2. The summed E-state index contributed by atoms with van der Waals surface area (Å²) >= 11 is 0. The van der Waals surface area contributed by atoms with Crippen LogP contribution in [0.15, 0.2) is 60.7 Å². The van der Waals surface area contributed by atoms with Crippen LogP contribution in [0.4, 0.5) is 0 Å². The van der Waals surface area contributed by atoms with Crippen molar-refractivity contribution in [1.82, 2.24) is 0 Å². The summed E-state index contributed by atoms with van der Waals surface area (Å²) in [5.74, 6) is 0. The van der Waals surface area contributed by atoms with Crippen LogP contribution in [-0.4, -0.2) is 39.0 Å². The lowest BCUT2D eigenvalue weighted by Gasteiger charge is -2.23. The average Bonchev–Trinajstić information content (AvgIpc) is 2.47. The first-order chi connectivity index (χ1) is 10.4. The van der Waals surface area contributed by atoms with Gasteiger partial charge in [0.2, 0.25) is 0 Å². The molecule has 0 atom stereocenters. The summed E-state index contributed by atoms with van der Waals surface area (Å²) in [5, 5.41) is 0. The van der Waals surface area contributed by atoms with E-state index in [0.29, 0.717) is 0 Å². The van der Waals surface area contributed by atoms with Crippen molar-refractivity contribution < 1.29 is 0 Å². The largest absolute Gasteiger partial charge is 0.0927 e. The van der Waals surface area contributed by atoms with Gasteiger partial charge in [0, 0.05) is 41.2 Å². The highest BCUT2D eigenvalue weighted by atomic mass is 31.2. The molecule has 2 heteroatoms. The Kier molecular flexibility index (Phi) is 6.19. The minimum Gasteiger partial charge on any atom is -0.0622 e. The molecule has 0 unspecified atom stereocenters. The molecule has 0 fully saturated rings. The van der Waals surface area contributed by atoms with Gasteiger partial charge in [0.05, 0.1) is 24.6 Å². The van der Waals surface area contributed by atoms with Gasteiger partial charge < -0.3 is 0 Å². The van der Waals surface area contributed by atoms with Gasteiger partial charge in [-0.05, 0) is 11.1 Å². The molecule has 0 radical (unpaired) electrons. The van der Waals surface area contributed by atoms with Crippen molar-refractivity contribution >= 4 is 14.5 Å². The number of rotatable bonds is 7. The maximum atomic E-state index is 2.53. The Balaban J connectivity index is 1.89. The average molecular weight is 332 g/mol. The molecule has 2 aromatic carbocycles. The first-order valence-corrected chi connectivity index (χ1v) is 14.2. The van der Waals surface area contributed by atoms with Crippen molar-refractivity contribution in [3.63, 3.8) is 0 Å². The molecule has 0 saturated carbocycles. The molecule has 0 amide bonds. The topological polar surface area (TPSA) is 0 Å². The maximum Gasteiger partial charge on any atom is 0.0927 e. The van der Waals surface area contributed by atoms with E-state index in [1.54, 1.807) is 0 Å². The van der Waals surface area contributed by atoms with Crippen molar-refractivity contribution in [3.05, 3.63) is 71.8 Å². The number of hydrogen-bond acceptors (Lipinski definition) is 0. The second-order valence-corrected chi connectivity index (χ2v) is 16.9. The number of benzene rings is 2. The molecule has 118 valence electrons. The molecule has 22 heavy (non-hydrogen) atoms. The molecule has 0 saturated heterocycles. The van der Waals surface area contributed by atoms with Gasteiger partial charge in [0.15, 0.2) is 0 Å². The van der Waals surface area contributed by atoms with E-state index in [2.05, 4.69) is 87.3 Å². The normalized spacial score (nSPS) is 12.4. The smallest absolute Gasteiger partial charge is 0.0622 e.